The highest BCUT2D eigenvalue weighted by Crippen LogP contribution is 2.23. The van der Waals surface area contributed by atoms with Crippen molar-refractivity contribution in [1.29, 1.82) is 0 Å². The molecule has 0 radical (unpaired) electrons. The molecule has 0 aliphatic heterocycles. The summed E-state index contributed by atoms with van der Waals surface area (Å²) in [5.41, 5.74) is 2.97. The maximum atomic E-state index is 4.30. The summed E-state index contributed by atoms with van der Waals surface area (Å²) in [6.07, 6.45) is 3.53. The van der Waals surface area contributed by atoms with Gasteiger partial charge in [0.1, 0.15) is 0 Å². The van der Waals surface area contributed by atoms with Gasteiger partial charge in [0.2, 0.25) is 0 Å². The predicted molar refractivity (Wildman–Crippen MR) is 73.7 cm³/mol. The lowest BCUT2D eigenvalue weighted by molar-refractivity contribution is 1.11. The molecule has 4 heteroatoms. The van der Waals surface area contributed by atoms with Gasteiger partial charge in [-0.05, 0) is 35.7 Å². The lowest BCUT2D eigenvalue weighted by Crippen LogP contribution is -1.92. The van der Waals surface area contributed by atoms with E-state index in [1.54, 1.807) is 12.4 Å². The van der Waals surface area contributed by atoms with Gasteiger partial charge in [0.15, 0.2) is 11.5 Å². The molecule has 90 valence electrons. The van der Waals surface area contributed by atoms with E-state index >= 15 is 0 Å². The van der Waals surface area contributed by atoms with Crippen molar-refractivity contribution in [1.82, 2.24) is 19.6 Å². The van der Waals surface area contributed by atoms with Gasteiger partial charge in [-0.1, -0.05) is 18.2 Å². The molecule has 0 aliphatic carbocycles. The molecule has 0 N–H and O–H groups in total. The van der Waals surface area contributed by atoms with Crippen molar-refractivity contribution >= 4 is 16.6 Å². The van der Waals surface area contributed by atoms with Crippen molar-refractivity contribution in [2.45, 2.75) is 0 Å². The van der Waals surface area contributed by atoms with Gasteiger partial charge in [-0.25, -0.2) is 0 Å². The van der Waals surface area contributed by atoms with Gasteiger partial charge >= 0.3 is 0 Å². The molecule has 0 saturated carbocycles. The number of nitrogens with zero attached hydrogens (tertiary/aromatic N) is 4. The maximum absolute atomic E-state index is 4.30. The van der Waals surface area contributed by atoms with Crippen LogP contribution in [0.15, 0.2) is 60.9 Å². The Morgan fingerprint density at radius 1 is 0.789 bits per heavy atom. The second-order valence-corrected chi connectivity index (χ2v) is 4.35. The van der Waals surface area contributed by atoms with E-state index in [0.29, 0.717) is 0 Å². The molecule has 1 aromatic carbocycles. The van der Waals surface area contributed by atoms with E-state index in [0.717, 1.165) is 22.6 Å². The van der Waals surface area contributed by atoms with Crippen molar-refractivity contribution < 1.29 is 0 Å². The van der Waals surface area contributed by atoms with Crippen molar-refractivity contribution in [3.05, 3.63) is 60.9 Å². The minimum Gasteiger partial charge on any atom is -0.275 e. The number of hydrogen-bond donors (Lipinski definition) is 0. The molecular weight excluding hydrogens is 236 g/mol. The fourth-order valence-corrected chi connectivity index (χ4v) is 2.33. The van der Waals surface area contributed by atoms with E-state index in [4.69, 9.17) is 0 Å². The Morgan fingerprint density at radius 2 is 1.63 bits per heavy atom. The molecular formula is C15H10N4. The summed E-state index contributed by atoms with van der Waals surface area (Å²) in [7, 11) is 0. The van der Waals surface area contributed by atoms with Gasteiger partial charge in [-0.3, -0.25) is 9.38 Å². The van der Waals surface area contributed by atoms with Crippen LogP contribution in [0.2, 0.25) is 0 Å². The van der Waals surface area contributed by atoms with Gasteiger partial charge in [-0.2, -0.15) is 0 Å². The maximum Gasteiger partial charge on any atom is 0.168 e. The molecule has 19 heavy (non-hydrogen) atoms. The Balaban J connectivity index is 2.15. The second-order valence-electron chi connectivity index (χ2n) is 4.35. The monoisotopic (exact) mass is 246 g/mol. The molecule has 0 saturated heterocycles. The standard InChI is InChI=1S/C15H10N4/c1-2-4-13-11(3-1)5-6-14-17-18-15(19(13)14)12-7-9-16-10-8-12/h1-10H. The Hall–Kier alpha value is -2.75. The minimum atomic E-state index is 0.842. The Kier molecular flexibility index (Phi) is 2.08. The van der Waals surface area contributed by atoms with Gasteiger partial charge < -0.3 is 0 Å². The average Bonchev–Trinajstić information content (AvgIpc) is 2.92. The lowest BCUT2D eigenvalue weighted by Gasteiger charge is -2.04. The third-order valence-electron chi connectivity index (χ3n) is 3.22. The Morgan fingerprint density at radius 3 is 2.53 bits per heavy atom. The number of rotatable bonds is 1. The van der Waals surface area contributed by atoms with E-state index < -0.39 is 0 Å². The molecule has 0 fully saturated rings. The van der Waals surface area contributed by atoms with Gasteiger partial charge in [-0.15, -0.1) is 10.2 Å². The zero-order valence-electron chi connectivity index (χ0n) is 10.1. The van der Waals surface area contributed by atoms with E-state index in [1.807, 2.05) is 30.3 Å². The van der Waals surface area contributed by atoms with Crippen LogP contribution in [0, 0.1) is 0 Å². The quantitative estimate of drug-likeness (QED) is 0.518. The van der Waals surface area contributed by atoms with E-state index in [-0.39, 0.29) is 0 Å². The fourth-order valence-electron chi connectivity index (χ4n) is 2.33. The lowest BCUT2D eigenvalue weighted by atomic mass is 10.2. The molecule has 0 spiro atoms. The Bertz CT molecular complexity index is 865. The molecule has 0 amide bonds. The highest BCUT2D eigenvalue weighted by molar-refractivity contribution is 5.83. The zero-order valence-corrected chi connectivity index (χ0v) is 10.1. The van der Waals surface area contributed by atoms with Crippen LogP contribution in [0.25, 0.3) is 27.9 Å². The smallest absolute Gasteiger partial charge is 0.168 e. The van der Waals surface area contributed by atoms with Crippen LogP contribution in [0.5, 0.6) is 0 Å². The van der Waals surface area contributed by atoms with Crippen molar-refractivity contribution in [2.24, 2.45) is 0 Å². The topological polar surface area (TPSA) is 43.1 Å². The number of benzene rings is 1. The largest absolute Gasteiger partial charge is 0.275 e. The first-order chi connectivity index (χ1) is 9.43. The summed E-state index contributed by atoms with van der Waals surface area (Å²) in [4.78, 5) is 4.04. The number of para-hydroxylation sites is 1. The molecule has 0 unspecified atom stereocenters. The van der Waals surface area contributed by atoms with Crippen LogP contribution >= 0.6 is 0 Å². The van der Waals surface area contributed by atoms with Crippen LogP contribution in [0.3, 0.4) is 0 Å². The zero-order chi connectivity index (χ0) is 12.7. The van der Waals surface area contributed by atoms with Crippen LogP contribution in [0.1, 0.15) is 0 Å². The molecule has 4 rings (SSSR count). The first-order valence-corrected chi connectivity index (χ1v) is 6.07. The highest BCUT2D eigenvalue weighted by Gasteiger charge is 2.09. The number of pyridine rings is 2. The van der Waals surface area contributed by atoms with Crippen LogP contribution in [0.4, 0.5) is 0 Å². The van der Waals surface area contributed by atoms with Crippen molar-refractivity contribution in [2.75, 3.05) is 0 Å². The summed E-state index contributed by atoms with van der Waals surface area (Å²) >= 11 is 0. The number of hydrogen-bond acceptors (Lipinski definition) is 3. The van der Waals surface area contributed by atoms with Gasteiger partial charge in [0, 0.05) is 18.0 Å². The predicted octanol–water partition coefficient (Wildman–Crippen LogP) is 2.94. The van der Waals surface area contributed by atoms with E-state index in [1.165, 1.54) is 5.39 Å². The number of aromatic nitrogens is 4. The average molecular weight is 246 g/mol. The van der Waals surface area contributed by atoms with E-state index in [2.05, 4.69) is 37.8 Å². The summed E-state index contributed by atoms with van der Waals surface area (Å²) in [5, 5.41) is 9.71. The SMILES string of the molecule is c1ccc2c(c1)ccc1nnc(-c3ccncc3)n12. The van der Waals surface area contributed by atoms with Crippen molar-refractivity contribution in [3.8, 4) is 11.4 Å². The first-order valence-electron chi connectivity index (χ1n) is 6.07. The van der Waals surface area contributed by atoms with Crippen LogP contribution < -0.4 is 0 Å². The third kappa shape index (κ3) is 1.50. The molecule has 0 bridgehead atoms. The van der Waals surface area contributed by atoms with Crippen molar-refractivity contribution in [3.63, 3.8) is 0 Å². The summed E-state index contributed by atoms with van der Waals surface area (Å²) in [5.74, 6) is 0.842. The highest BCUT2D eigenvalue weighted by atomic mass is 15.2. The normalized spacial score (nSPS) is 11.2. The summed E-state index contributed by atoms with van der Waals surface area (Å²) in [6.45, 7) is 0. The van der Waals surface area contributed by atoms with Gasteiger partial charge in [0.25, 0.3) is 0 Å². The van der Waals surface area contributed by atoms with Crippen LogP contribution in [-0.2, 0) is 0 Å². The Labute approximate surface area is 109 Å². The summed E-state index contributed by atoms with van der Waals surface area (Å²) < 4.78 is 2.07. The fraction of sp³-hybridized carbons (Fsp3) is 0. The minimum absolute atomic E-state index is 0.842. The molecule has 3 aromatic heterocycles. The number of fused-ring (bicyclic) bond motifs is 3. The molecule has 0 aliphatic rings. The molecule has 0 atom stereocenters. The van der Waals surface area contributed by atoms with E-state index in [9.17, 15) is 0 Å². The second kappa shape index (κ2) is 3.88. The summed E-state index contributed by atoms with van der Waals surface area (Å²) in [6, 6.07) is 16.2. The first kappa shape index (κ1) is 10.2. The third-order valence-corrected chi connectivity index (χ3v) is 3.22. The molecule has 4 nitrogen and oxygen atoms in total. The molecule has 4 aromatic rings. The van der Waals surface area contributed by atoms with Crippen LogP contribution in [-0.4, -0.2) is 19.6 Å². The van der Waals surface area contributed by atoms with Gasteiger partial charge in [0.05, 0.1) is 5.52 Å². The molecule has 3 heterocycles.